The summed E-state index contributed by atoms with van der Waals surface area (Å²) in [6, 6.07) is 13.2. The zero-order chi connectivity index (χ0) is 17.2. The maximum absolute atomic E-state index is 6.13. The maximum atomic E-state index is 6.13. The average molecular weight is 389 g/mol. The van der Waals surface area contributed by atoms with Gasteiger partial charge in [0.2, 0.25) is 0 Å². The second-order valence-electron chi connectivity index (χ2n) is 6.79. The van der Waals surface area contributed by atoms with Gasteiger partial charge < -0.3 is 15.2 Å². The fourth-order valence-electron chi connectivity index (χ4n) is 3.69. The van der Waals surface area contributed by atoms with Gasteiger partial charge in [0.1, 0.15) is 5.84 Å². The van der Waals surface area contributed by atoms with Gasteiger partial charge >= 0.3 is 0 Å². The molecular weight excluding hydrogens is 364 g/mol. The Hall–Kier alpha value is -1.82. The summed E-state index contributed by atoms with van der Waals surface area (Å²) in [5.74, 6) is 0.583. The average Bonchev–Trinajstić information content (AvgIpc) is 3.34. The number of hydrogen-bond acceptors (Lipinski definition) is 3. The molecule has 3 aromatic rings. The minimum Gasteiger partial charge on any atom is -0.383 e. The third kappa shape index (κ3) is 3.95. The second-order valence-corrected chi connectivity index (χ2v) is 7.74. The number of rotatable bonds is 5. The van der Waals surface area contributed by atoms with Gasteiger partial charge in [0.05, 0.1) is 16.1 Å². The summed E-state index contributed by atoms with van der Waals surface area (Å²) in [5.41, 5.74) is 8.28. The van der Waals surface area contributed by atoms with E-state index in [4.69, 9.17) is 5.73 Å². The second kappa shape index (κ2) is 8.25. The summed E-state index contributed by atoms with van der Waals surface area (Å²) in [6.07, 6.45) is 6.04. The number of benzene rings is 1. The lowest BCUT2D eigenvalue weighted by atomic mass is 10.1. The van der Waals surface area contributed by atoms with Crippen LogP contribution in [0, 0.1) is 0 Å². The normalized spacial score (nSPS) is 18.3. The van der Waals surface area contributed by atoms with Gasteiger partial charge in [-0.15, -0.1) is 23.7 Å². The van der Waals surface area contributed by atoms with Crippen LogP contribution in [-0.2, 0) is 6.54 Å². The molecule has 0 radical (unpaired) electrons. The standard InChI is InChI=1S/C20H24N4S.ClH/c1-23-10-2-4-17(23)9-12-24-11-8-15-6-7-16(14-18(15)24)22-20(21)19-5-3-13-25-19;/h3,5-8,11,13-14,17H,2,4,9-10,12H2,1H3,(H2,21,22);1H/t17-;/m0./s1. The summed E-state index contributed by atoms with van der Waals surface area (Å²) in [7, 11) is 2.24. The van der Waals surface area contributed by atoms with E-state index >= 15 is 0 Å². The van der Waals surface area contributed by atoms with E-state index in [9.17, 15) is 0 Å². The van der Waals surface area contributed by atoms with Crippen LogP contribution in [0.25, 0.3) is 10.9 Å². The van der Waals surface area contributed by atoms with Crippen LogP contribution in [0.5, 0.6) is 0 Å². The van der Waals surface area contributed by atoms with E-state index < -0.39 is 0 Å². The number of aromatic nitrogens is 1. The molecule has 26 heavy (non-hydrogen) atoms. The number of amidine groups is 1. The molecule has 0 bridgehead atoms. The zero-order valence-electron chi connectivity index (χ0n) is 15.0. The molecule has 1 aliphatic heterocycles. The molecule has 1 aliphatic rings. The molecule has 2 aromatic heterocycles. The van der Waals surface area contributed by atoms with Gasteiger partial charge in [-0.25, -0.2) is 4.99 Å². The Morgan fingerprint density at radius 1 is 1.31 bits per heavy atom. The predicted molar refractivity (Wildman–Crippen MR) is 114 cm³/mol. The third-order valence-corrected chi connectivity index (χ3v) is 6.05. The van der Waals surface area contributed by atoms with Crippen LogP contribution in [0.3, 0.4) is 0 Å². The number of hydrogen-bond donors (Lipinski definition) is 1. The van der Waals surface area contributed by atoms with Crippen LogP contribution < -0.4 is 5.73 Å². The van der Waals surface area contributed by atoms with E-state index in [1.807, 2.05) is 23.6 Å². The van der Waals surface area contributed by atoms with E-state index in [0.29, 0.717) is 11.9 Å². The van der Waals surface area contributed by atoms with Crippen LogP contribution in [0.2, 0.25) is 0 Å². The smallest absolute Gasteiger partial charge is 0.141 e. The molecule has 4 rings (SSSR count). The number of nitrogens with two attached hydrogens (primary N) is 1. The van der Waals surface area contributed by atoms with Crippen LogP contribution in [0.4, 0.5) is 5.69 Å². The highest BCUT2D eigenvalue weighted by Crippen LogP contribution is 2.25. The number of aryl methyl sites for hydroxylation is 1. The lowest BCUT2D eigenvalue weighted by Crippen LogP contribution is -2.25. The van der Waals surface area contributed by atoms with Gasteiger partial charge in [0, 0.05) is 18.8 Å². The minimum absolute atomic E-state index is 0. The van der Waals surface area contributed by atoms with Crippen molar-refractivity contribution < 1.29 is 0 Å². The van der Waals surface area contributed by atoms with Crippen molar-refractivity contribution in [2.24, 2.45) is 10.7 Å². The molecule has 6 heteroatoms. The molecule has 0 aliphatic carbocycles. The Labute approximate surface area is 164 Å². The highest BCUT2D eigenvalue weighted by atomic mass is 35.5. The first-order chi connectivity index (χ1) is 12.2. The molecule has 0 unspecified atom stereocenters. The number of fused-ring (bicyclic) bond motifs is 1. The molecule has 0 spiro atoms. The minimum atomic E-state index is 0. The van der Waals surface area contributed by atoms with Crippen LogP contribution in [0.1, 0.15) is 24.1 Å². The predicted octanol–water partition coefficient (Wildman–Crippen LogP) is 4.65. The monoisotopic (exact) mass is 388 g/mol. The van der Waals surface area contributed by atoms with E-state index in [2.05, 4.69) is 45.9 Å². The summed E-state index contributed by atoms with van der Waals surface area (Å²) >= 11 is 1.62. The Morgan fingerprint density at radius 2 is 2.19 bits per heavy atom. The number of halogens is 1. The number of nitrogens with zero attached hydrogens (tertiary/aromatic N) is 3. The Morgan fingerprint density at radius 3 is 2.92 bits per heavy atom. The van der Waals surface area contributed by atoms with Crippen LogP contribution in [-0.4, -0.2) is 34.9 Å². The summed E-state index contributed by atoms with van der Waals surface area (Å²) in [6.45, 7) is 2.28. The molecule has 138 valence electrons. The fourth-order valence-corrected chi connectivity index (χ4v) is 4.31. The quantitative estimate of drug-likeness (QED) is 0.511. The van der Waals surface area contributed by atoms with Crippen molar-refractivity contribution >= 4 is 46.2 Å². The highest BCUT2D eigenvalue weighted by Gasteiger charge is 2.20. The molecular formula is C20H25ClN4S. The summed E-state index contributed by atoms with van der Waals surface area (Å²) in [4.78, 5) is 8.11. The molecule has 1 saturated heterocycles. The first kappa shape index (κ1) is 19.0. The van der Waals surface area contributed by atoms with Crippen molar-refractivity contribution in [3.05, 3.63) is 52.9 Å². The first-order valence-corrected chi connectivity index (χ1v) is 9.76. The van der Waals surface area contributed by atoms with Crippen molar-refractivity contribution in [2.45, 2.75) is 31.8 Å². The third-order valence-electron chi connectivity index (χ3n) is 5.16. The maximum Gasteiger partial charge on any atom is 0.141 e. The molecule has 3 heterocycles. The van der Waals surface area contributed by atoms with Crippen molar-refractivity contribution in [3.8, 4) is 0 Å². The lowest BCUT2D eigenvalue weighted by molar-refractivity contribution is 0.287. The first-order valence-electron chi connectivity index (χ1n) is 8.88. The molecule has 1 aromatic carbocycles. The van der Waals surface area contributed by atoms with Crippen molar-refractivity contribution in [2.75, 3.05) is 13.6 Å². The van der Waals surface area contributed by atoms with Crippen molar-refractivity contribution in [3.63, 3.8) is 0 Å². The molecule has 1 fully saturated rings. The number of thiophene rings is 1. The number of likely N-dealkylation sites (tertiary alicyclic amines) is 1. The van der Waals surface area contributed by atoms with E-state index in [1.54, 1.807) is 11.3 Å². The van der Waals surface area contributed by atoms with Gasteiger partial charge in [-0.3, -0.25) is 0 Å². The zero-order valence-corrected chi connectivity index (χ0v) is 16.6. The van der Waals surface area contributed by atoms with E-state index in [1.165, 1.54) is 36.7 Å². The fraction of sp³-hybridized carbons (Fsp3) is 0.350. The SMILES string of the molecule is CN1CCC[C@H]1CCn1ccc2ccc(N=C(N)c3cccs3)cc21.Cl. The Bertz CT molecular complexity index is 884. The molecule has 2 N–H and O–H groups in total. The largest absolute Gasteiger partial charge is 0.383 e. The topological polar surface area (TPSA) is 46.5 Å². The Kier molecular flexibility index (Phi) is 6.01. The molecule has 0 saturated carbocycles. The lowest BCUT2D eigenvalue weighted by Gasteiger charge is -2.19. The van der Waals surface area contributed by atoms with Crippen LogP contribution >= 0.6 is 23.7 Å². The van der Waals surface area contributed by atoms with Gasteiger partial charge in [-0.05, 0) is 67.9 Å². The van der Waals surface area contributed by atoms with Gasteiger partial charge in [-0.1, -0.05) is 12.1 Å². The summed E-state index contributed by atoms with van der Waals surface area (Å²) in [5, 5.41) is 3.28. The molecule has 1 atom stereocenters. The van der Waals surface area contributed by atoms with Crippen molar-refractivity contribution in [1.29, 1.82) is 0 Å². The van der Waals surface area contributed by atoms with Crippen molar-refractivity contribution in [1.82, 2.24) is 9.47 Å². The van der Waals surface area contributed by atoms with E-state index in [-0.39, 0.29) is 12.4 Å². The summed E-state index contributed by atoms with van der Waals surface area (Å²) < 4.78 is 2.35. The molecule has 4 nitrogen and oxygen atoms in total. The van der Waals surface area contributed by atoms with Crippen LogP contribution in [0.15, 0.2) is 53.0 Å². The molecule has 0 amide bonds. The van der Waals surface area contributed by atoms with Gasteiger partial charge in [0.15, 0.2) is 0 Å². The van der Waals surface area contributed by atoms with E-state index in [0.717, 1.165) is 17.1 Å². The van der Waals surface area contributed by atoms with Gasteiger partial charge in [-0.2, -0.15) is 0 Å². The van der Waals surface area contributed by atoms with Gasteiger partial charge in [0.25, 0.3) is 0 Å². The number of aliphatic imine (C=N–C) groups is 1. The Balaban J connectivity index is 0.00000196. The highest BCUT2D eigenvalue weighted by molar-refractivity contribution is 7.12.